The van der Waals surface area contributed by atoms with Gasteiger partial charge in [-0.15, -0.1) is 0 Å². The molecule has 1 N–H and O–H groups in total. The zero-order chi connectivity index (χ0) is 18.6. The van der Waals surface area contributed by atoms with Gasteiger partial charge in [0.25, 0.3) is 0 Å². The number of likely N-dealkylation sites (tertiary alicyclic amines) is 1. The molecule has 1 aliphatic heterocycles. The van der Waals surface area contributed by atoms with E-state index in [2.05, 4.69) is 5.32 Å². The first-order chi connectivity index (χ1) is 12.5. The Balaban J connectivity index is 1.58. The average Bonchev–Trinajstić information content (AvgIpc) is 2.67. The summed E-state index contributed by atoms with van der Waals surface area (Å²) >= 11 is 6.00. The molecule has 3 nitrogen and oxygen atoms in total. The fraction of sp³-hybridized carbons (Fsp3) is 0.381. The average molecular weight is 375 g/mol. The van der Waals surface area contributed by atoms with Crippen molar-refractivity contribution in [1.29, 1.82) is 0 Å². The Kier molecular flexibility index (Phi) is 5.94. The highest BCUT2D eigenvalue weighted by Gasteiger charge is 2.35. The number of halogens is 2. The van der Waals surface area contributed by atoms with Crippen LogP contribution in [0.2, 0.25) is 5.02 Å². The molecule has 1 amide bonds. The van der Waals surface area contributed by atoms with E-state index in [1.54, 1.807) is 0 Å². The molecule has 3 rings (SSSR count). The monoisotopic (exact) mass is 374 g/mol. The number of piperidine rings is 1. The SMILES string of the molecule is CNC1(c2ccc(F)cc2)CCN(C(=O)CCc2cccc(Cl)c2)CC1. The van der Waals surface area contributed by atoms with Crippen LogP contribution >= 0.6 is 11.6 Å². The van der Waals surface area contributed by atoms with Crippen molar-refractivity contribution in [3.63, 3.8) is 0 Å². The lowest BCUT2D eigenvalue weighted by Gasteiger charge is -2.42. The number of nitrogens with zero attached hydrogens (tertiary/aromatic N) is 1. The van der Waals surface area contributed by atoms with Crippen molar-refractivity contribution in [1.82, 2.24) is 10.2 Å². The molecule has 1 saturated heterocycles. The van der Waals surface area contributed by atoms with Gasteiger partial charge >= 0.3 is 0 Å². The van der Waals surface area contributed by atoms with Crippen molar-refractivity contribution >= 4 is 17.5 Å². The first kappa shape index (κ1) is 18.9. The summed E-state index contributed by atoms with van der Waals surface area (Å²) < 4.78 is 13.2. The van der Waals surface area contributed by atoms with Crippen molar-refractivity contribution in [2.45, 2.75) is 31.2 Å². The molecule has 0 atom stereocenters. The quantitative estimate of drug-likeness (QED) is 0.852. The van der Waals surface area contributed by atoms with Crippen LogP contribution in [0.5, 0.6) is 0 Å². The number of amides is 1. The van der Waals surface area contributed by atoms with Gasteiger partial charge in [0.1, 0.15) is 5.82 Å². The fourth-order valence-corrected chi connectivity index (χ4v) is 3.90. The lowest BCUT2D eigenvalue weighted by atomic mass is 9.81. The van der Waals surface area contributed by atoms with Crippen LogP contribution in [-0.2, 0) is 16.8 Å². The van der Waals surface area contributed by atoms with Crippen LogP contribution in [0.25, 0.3) is 0 Å². The minimum atomic E-state index is -0.228. The van der Waals surface area contributed by atoms with E-state index in [4.69, 9.17) is 11.6 Å². The minimum Gasteiger partial charge on any atom is -0.343 e. The van der Waals surface area contributed by atoms with Gasteiger partial charge in [0, 0.05) is 30.1 Å². The third-order valence-electron chi connectivity index (χ3n) is 5.36. The molecule has 0 bridgehead atoms. The number of nitrogens with one attached hydrogen (secondary N) is 1. The number of hydrogen-bond donors (Lipinski definition) is 1. The predicted molar refractivity (Wildman–Crippen MR) is 103 cm³/mol. The van der Waals surface area contributed by atoms with Gasteiger partial charge in [-0.05, 0) is 61.7 Å². The van der Waals surface area contributed by atoms with E-state index in [0.717, 1.165) is 24.0 Å². The minimum absolute atomic E-state index is 0.175. The number of carbonyl (C=O) groups excluding carboxylic acids is 1. The Morgan fingerprint density at radius 1 is 1.19 bits per heavy atom. The maximum absolute atomic E-state index is 13.2. The van der Waals surface area contributed by atoms with Crippen LogP contribution in [0, 0.1) is 5.82 Å². The normalized spacial score (nSPS) is 16.5. The first-order valence-corrected chi connectivity index (χ1v) is 9.37. The molecule has 0 radical (unpaired) electrons. The van der Waals surface area contributed by atoms with Gasteiger partial charge < -0.3 is 10.2 Å². The van der Waals surface area contributed by atoms with E-state index in [1.807, 2.05) is 48.3 Å². The molecule has 1 fully saturated rings. The second-order valence-electron chi connectivity index (χ2n) is 6.85. The summed E-state index contributed by atoms with van der Waals surface area (Å²) in [6.45, 7) is 1.40. The number of rotatable bonds is 5. The van der Waals surface area contributed by atoms with Gasteiger partial charge in [0.05, 0.1) is 0 Å². The molecular weight excluding hydrogens is 351 g/mol. The van der Waals surface area contributed by atoms with E-state index < -0.39 is 0 Å². The first-order valence-electron chi connectivity index (χ1n) is 9.00. The van der Waals surface area contributed by atoms with Crippen LogP contribution in [0.1, 0.15) is 30.4 Å². The Hall–Kier alpha value is -1.91. The Morgan fingerprint density at radius 2 is 1.88 bits per heavy atom. The Bertz CT molecular complexity index is 755. The molecule has 0 unspecified atom stereocenters. The van der Waals surface area contributed by atoms with Crippen molar-refractivity contribution in [2.75, 3.05) is 20.1 Å². The fourth-order valence-electron chi connectivity index (χ4n) is 3.69. The van der Waals surface area contributed by atoms with Crippen molar-refractivity contribution in [3.8, 4) is 0 Å². The molecule has 138 valence electrons. The van der Waals surface area contributed by atoms with Crippen LogP contribution in [0.4, 0.5) is 4.39 Å². The number of carbonyl (C=O) groups is 1. The highest BCUT2D eigenvalue weighted by molar-refractivity contribution is 6.30. The van der Waals surface area contributed by atoms with Gasteiger partial charge in [-0.2, -0.15) is 0 Å². The summed E-state index contributed by atoms with van der Waals surface area (Å²) in [7, 11) is 1.93. The van der Waals surface area contributed by atoms with E-state index in [-0.39, 0.29) is 17.3 Å². The van der Waals surface area contributed by atoms with Gasteiger partial charge in [-0.1, -0.05) is 35.9 Å². The van der Waals surface area contributed by atoms with E-state index in [0.29, 0.717) is 31.0 Å². The van der Waals surface area contributed by atoms with Crippen LogP contribution in [0.15, 0.2) is 48.5 Å². The van der Waals surface area contributed by atoms with Gasteiger partial charge in [0.2, 0.25) is 5.91 Å². The second-order valence-corrected chi connectivity index (χ2v) is 7.29. The van der Waals surface area contributed by atoms with Crippen LogP contribution in [0.3, 0.4) is 0 Å². The van der Waals surface area contributed by atoms with Gasteiger partial charge in [-0.25, -0.2) is 4.39 Å². The zero-order valence-electron chi connectivity index (χ0n) is 15.0. The summed E-state index contributed by atoms with van der Waals surface area (Å²) in [5.41, 5.74) is 1.96. The van der Waals surface area contributed by atoms with E-state index in [1.165, 1.54) is 12.1 Å². The van der Waals surface area contributed by atoms with Crippen molar-refractivity contribution in [3.05, 3.63) is 70.5 Å². The number of benzene rings is 2. The van der Waals surface area contributed by atoms with Gasteiger partial charge in [-0.3, -0.25) is 4.79 Å². The maximum atomic E-state index is 13.2. The topological polar surface area (TPSA) is 32.3 Å². The molecule has 2 aromatic carbocycles. The molecule has 26 heavy (non-hydrogen) atoms. The molecule has 1 aliphatic rings. The standard InChI is InChI=1S/C21H24ClFN2O/c1-24-21(17-6-8-19(23)9-7-17)11-13-25(14-12-21)20(26)10-5-16-3-2-4-18(22)15-16/h2-4,6-9,15,24H,5,10-14H2,1H3. The summed E-state index contributed by atoms with van der Waals surface area (Å²) in [5, 5.41) is 4.10. The molecule has 0 spiro atoms. The largest absolute Gasteiger partial charge is 0.343 e. The summed E-state index contributed by atoms with van der Waals surface area (Å²) in [4.78, 5) is 14.5. The Labute approximate surface area is 159 Å². The van der Waals surface area contributed by atoms with E-state index in [9.17, 15) is 9.18 Å². The van der Waals surface area contributed by atoms with Gasteiger partial charge in [0.15, 0.2) is 0 Å². The molecule has 2 aromatic rings. The third-order valence-corrected chi connectivity index (χ3v) is 5.60. The molecule has 0 aromatic heterocycles. The highest BCUT2D eigenvalue weighted by atomic mass is 35.5. The molecule has 1 heterocycles. The zero-order valence-corrected chi connectivity index (χ0v) is 15.7. The van der Waals surface area contributed by atoms with Crippen LogP contribution < -0.4 is 5.32 Å². The third kappa shape index (κ3) is 4.25. The van der Waals surface area contributed by atoms with E-state index >= 15 is 0 Å². The molecule has 5 heteroatoms. The molecule has 0 saturated carbocycles. The summed E-state index contributed by atoms with van der Waals surface area (Å²) in [5.74, 6) is -0.0533. The molecule has 0 aliphatic carbocycles. The van der Waals surface area contributed by atoms with Crippen molar-refractivity contribution < 1.29 is 9.18 Å². The second kappa shape index (κ2) is 8.19. The smallest absolute Gasteiger partial charge is 0.222 e. The number of aryl methyl sites for hydroxylation is 1. The summed E-state index contributed by atoms with van der Waals surface area (Å²) in [6.07, 6.45) is 2.82. The number of hydrogen-bond acceptors (Lipinski definition) is 2. The highest BCUT2D eigenvalue weighted by Crippen LogP contribution is 2.33. The van der Waals surface area contributed by atoms with Crippen molar-refractivity contribution in [2.24, 2.45) is 0 Å². The predicted octanol–water partition coefficient (Wildman–Crippen LogP) is 4.15. The summed E-state index contributed by atoms with van der Waals surface area (Å²) in [6, 6.07) is 14.3. The molecular formula is C21H24ClFN2O. The Morgan fingerprint density at radius 3 is 2.50 bits per heavy atom. The lowest BCUT2D eigenvalue weighted by molar-refractivity contribution is -0.133. The lowest BCUT2D eigenvalue weighted by Crippen LogP contribution is -2.51. The van der Waals surface area contributed by atoms with Crippen LogP contribution in [-0.4, -0.2) is 30.9 Å². The maximum Gasteiger partial charge on any atom is 0.222 e.